The predicted octanol–water partition coefficient (Wildman–Crippen LogP) is 0.00880. The standard InChI is InChI=1S/C8H8N4O2/c1-4-6-5(2-14-4)12-8(9-3-10-12)11-7(6)13/h3-4H,2H2,1H3,(H,9,10,11,13). The van der Waals surface area contributed by atoms with Crippen molar-refractivity contribution in [2.75, 3.05) is 0 Å². The molecule has 1 atom stereocenters. The zero-order chi connectivity index (χ0) is 9.71. The Morgan fingerprint density at radius 2 is 2.57 bits per heavy atom. The number of hydrogen-bond acceptors (Lipinski definition) is 4. The highest BCUT2D eigenvalue weighted by atomic mass is 16.5. The molecular formula is C8H8N4O2. The fraction of sp³-hybridized carbons (Fsp3) is 0.375. The molecule has 6 nitrogen and oxygen atoms in total. The second kappa shape index (κ2) is 2.42. The molecule has 0 spiro atoms. The van der Waals surface area contributed by atoms with E-state index in [4.69, 9.17) is 4.74 Å². The third-order valence-electron chi connectivity index (χ3n) is 2.46. The van der Waals surface area contributed by atoms with Crippen LogP contribution in [0.3, 0.4) is 0 Å². The molecule has 0 bridgehead atoms. The highest BCUT2D eigenvalue weighted by Gasteiger charge is 2.26. The van der Waals surface area contributed by atoms with E-state index in [-0.39, 0.29) is 11.7 Å². The highest BCUT2D eigenvalue weighted by Crippen LogP contribution is 2.26. The van der Waals surface area contributed by atoms with Gasteiger partial charge in [-0.1, -0.05) is 0 Å². The van der Waals surface area contributed by atoms with Crippen molar-refractivity contribution in [2.45, 2.75) is 19.6 Å². The maximum atomic E-state index is 11.6. The third-order valence-corrected chi connectivity index (χ3v) is 2.46. The van der Waals surface area contributed by atoms with E-state index in [0.717, 1.165) is 5.69 Å². The number of H-pyrrole nitrogens is 1. The van der Waals surface area contributed by atoms with Gasteiger partial charge >= 0.3 is 0 Å². The van der Waals surface area contributed by atoms with Gasteiger partial charge in [0, 0.05) is 0 Å². The Hall–Kier alpha value is -1.69. The number of nitrogens with one attached hydrogen (secondary N) is 1. The number of hydrogen-bond donors (Lipinski definition) is 1. The van der Waals surface area contributed by atoms with Gasteiger partial charge in [0.1, 0.15) is 6.33 Å². The van der Waals surface area contributed by atoms with Crippen LogP contribution in [0.25, 0.3) is 5.78 Å². The number of ether oxygens (including phenoxy) is 1. The van der Waals surface area contributed by atoms with Gasteiger partial charge in [0.15, 0.2) is 0 Å². The molecule has 14 heavy (non-hydrogen) atoms. The molecule has 1 N–H and O–H groups in total. The SMILES string of the molecule is CC1OCc2c1c(=O)[nH]c1ncnn21. The molecule has 0 amide bonds. The Bertz CT molecular complexity index is 556. The maximum Gasteiger partial charge on any atom is 0.258 e. The molecule has 0 aliphatic carbocycles. The molecule has 0 fully saturated rings. The van der Waals surface area contributed by atoms with Crippen LogP contribution in [0.2, 0.25) is 0 Å². The molecule has 0 saturated heterocycles. The topological polar surface area (TPSA) is 72.3 Å². The number of nitrogens with zero attached hydrogens (tertiary/aromatic N) is 3. The van der Waals surface area contributed by atoms with Gasteiger partial charge in [-0.15, -0.1) is 0 Å². The smallest absolute Gasteiger partial charge is 0.258 e. The summed E-state index contributed by atoms with van der Waals surface area (Å²) in [5.41, 5.74) is 1.32. The monoisotopic (exact) mass is 192 g/mol. The fourth-order valence-electron chi connectivity index (χ4n) is 1.78. The molecule has 0 saturated carbocycles. The number of aromatic amines is 1. The van der Waals surface area contributed by atoms with Gasteiger partial charge < -0.3 is 4.74 Å². The molecule has 1 aliphatic heterocycles. The molecule has 1 unspecified atom stereocenters. The normalized spacial score (nSPS) is 20.2. The summed E-state index contributed by atoms with van der Waals surface area (Å²) in [5.74, 6) is 0.464. The first kappa shape index (κ1) is 7.69. The first-order valence-corrected chi connectivity index (χ1v) is 4.34. The molecule has 0 aromatic carbocycles. The van der Waals surface area contributed by atoms with Crippen LogP contribution in [0.15, 0.2) is 11.1 Å². The van der Waals surface area contributed by atoms with Crippen LogP contribution < -0.4 is 5.56 Å². The van der Waals surface area contributed by atoms with Gasteiger partial charge in [0.25, 0.3) is 5.56 Å². The van der Waals surface area contributed by atoms with Crippen molar-refractivity contribution >= 4 is 5.78 Å². The van der Waals surface area contributed by atoms with Crippen molar-refractivity contribution in [3.8, 4) is 0 Å². The summed E-state index contributed by atoms with van der Waals surface area (Å²) in [6.45, 7) is 2.27. The van der Waals surface area contributed by atoms with E-state index in [1.165, 1.54) is 6.33 Å². The average Bonchev–Trinajstić information content (AvgIpc) is 2.71. The van der Waals surface area contributed by atoms with Crippen molar-refractivity contribution in [1.82, 2.24) is 19.6 Å². The lowest BCUT2D eigenvalue weighted by molar-refractivity contribution is 0.0777. The van der Waals surface area contributed by atoms with Crippen LogP contribution in [0.1, 0.15) is 24.3 Å². The fourth-order valence-corrected chi connectivity index (χ4v) is 1.78. The van der Waals surface area contributed by atoms with Crippen molar-refractivity contribution in [1.29, 1.82) is 0 Å². The average molecular weight is 192 g/mol. The number of rotatable bonds is 0. The van der Waals surface area contributed by atoms with Crippen LogP contribution in [0.5, 0.6) is 0 Å². The van der Waals surface area contributed by atoms with Crippen molar-refractivity contribution in [3.05, 3.63) is 27.9 Å². The van der Waals surface area contributed by atoms with Crippen molar-refractivity contribution < 1.29 is 4.74 Å². The summed E-state index contributed by atoms with van der Waals surface area (Å²) in [6.07, 6.45) is 1.25. The van der Waals surface area contributed by atoms with E-state index in [1.54, 1.807) is 4.52 Å². The van der Waals surface area contributed by atoms with E-state index in [0.29, 0.717) is 17.9 Å². The molecule has 2 aromatic rings. The Kier molecular flexibility index (Phi) is 1.33. The van der Waals surface area contributed by atoms with Crippen LogP contribution in [0, 0.1) is 0 Å². The Morgan fingerprint density at radius 3 is 3.43 bits per heavy atom. The van der Waals surface area contributed by atoms with Gasteiger partial charge in [-0.05, 0) is 6.92 Å². The summed E-state index contributed by atoms with van der Waals surface area (Å²) in [4.78, 5) is 18.2. The summed E-state index contributed by atoms with van der Waals surface area (Å²) in [5, 5.41) is 4.02. The first-order valence-electron chi connectivity index (χ1n) is 4.34. The Morgan fingerprint density at radius 1 is 1.71 bits per heavy atom. The number of aromatic nitrogens is 4. The van der Waals surface area contributed by atoms with E-state index < -0.39 is 0 Å². The van der Waals surface area contributed by atoms with E-state index >= 15 is 0 Å². The van der Waals surface area contributed by atoms with Crippen LogP contribution in [-0.2, 0) is 11.3 Å². The molecule has 0 radical (unpaired) electrons. The van der Waals surface area contributed by atoms with Gasteiger partial charge in [-0.3, -0.25) is 9.78 Å². The molecule has 1 aliphatic rings. The van der Waals surface area contributed by atoms with Crippen molar-refractivity contribution in [2.24, 2.45) is 0 Å². The molecule has 72 valence electrons. The Balaban J connectivity index is 2.50. The van der Waals surface area contributed by atoms with Gasteiger partial charge in [-0.2, -0.15) is 14.6 Å². The first-order chi connectivity index (χ1) is 6.77. The van der Waals surface area contributed by atoms with E-state index in [1.807, 2.05) is 6.92 Å². The maximum absolute atomic E-state index is 11.6. The lowest BCUT2D eigenvalue weighted by atomic mass is 10.2. The second-order valence-corrected chi connectivity index (χ2v) is 3.26. The predicted molar refractivity (Wildman–Crippen MR) is 46.8 cm³/mol. The van der Waals surface area contributed by atoms with E-state index in [9.17, 15) is 4.79 Å². The summed E-state index contributed by atoms with van der Waals surface area (Å²) < 4.78 is 6.98. The minimum absolute atomic E-state index is 0.134. The lowest BCUT2D eigenvalue weighted by Gasteiger charge is -2.01. The molecule has 3 heterocycles. The van der Waals surface area contributed by atoms with E-state index in [2.05, 4.69) is 15.1 Å². The summed E-state index contributed by atoms with van der Waals surface area (Å²) >= 11 is 0. The van der Waals surface area contributed by atoms with Crippen LogP contribution in [-0.4, -0.2) is 19.6 Å². The lowest BCUT2D eigenvalue weighted by Crippen LogP contribution is -2.17. The van der Waals surface area contributed by atoms with Gasteiger partial charge in [0.2, 0.25) is 5.78 Å². The van der Waals surface area contributed by atoms with Crippen LogP contribution in [0.4, 0.5) is 0 Å². The number of fused-ring (bicyclic) bond motifs is 3. The largest absolute Gasteiger partial charge is 0.367 e. The molecular weight excluding hydrogens is 184 g/mol. The quantitative estimate of drug-likeness (QED) is 0.638. The highest BCUT2D eigenvalue weighted by molar-refractivity contribution is 5.34. The third kappa shape index (κ3) is 0.805. The molecule has 2 aromatic heterocycles. The minimum atomic E-state index is -0.164. The zero-order valence-electron chi connectivity index (χ0n) is 7.52. The van der Waals surface area contributed by atoms with Gasteiger partial charge in [0.05, 0.1) is 24.0 Å². The minimum Gasteiger partial charge on any atom is -0.367 e. The van der Waals surface area contributed by atoms with Crippen molar-refractivity contribution in [3.63, 3.8) is 0 Å². The molecule has 6 heteroatoms. The summed E-state index contributed by atoms with van der Waals surface area (Å²) in [7, 11) is 0. The Labute approximate surface area is 78.5 Å². The molecule has 3 rings (SSSR count). The summed E-state index contributed by atoms with van der Waals surface area (Å²) in [6, 6.07) is 0. The second-order valence-electron chi connectivity index (χ2n) is 3.26. The van der Waals surface area contributed by atoms with Crippen LogP contribution >= 0.6 is 0 Å². The van der Waals surface area contributed by atoms with Gasteiger partial charge in [-0.25, -0.2) is 0 Å². The zero-order valence-corrected chi connectivity index (χ0v) is 7.52.